The van der Waals surface area contributed by atoms with Gasteiger partial charge in [0.15, 0.2) is 0 Å². The van der Waals surface area contributed by atoms with E-state index in [0.717, 1.165) is 38.4 Å². The maximum absolute atomic E-state index is 9.36. The smallest absolute Gasteiger partial charge is 0.0622 e. The Kier molecular flexibility index (Phi) is 3.87. The van der Waals surface area contributed by atoms with E-state index >= 15 is 0 Å². The molecule has 0 unspecified atom stereocenters. The summed E-state index contributed by atoms with van der Waals surface area (Å²) < 4.78 is 115. The standard InChI is InChI=1S/C46H30/c1-3-13-31(14-4-1)34-25-23-32-24-26-35(30-36(32)29-34)37-27-28-44(39-18-8-7-17-38(37)39)46-42-21-11-9-19-40(42)45(33-15-5-2-6-16-33)41-20-10-12-22-43(41)46/h1-30H/i2D,5D,6D,9D,10D,11D,12D,15D,16D,19D,20D,21D,22D. The number of benzene rings is 9. The minimum absolute atomic E-state index is 0.0962. The lowest BCUT2D eigenvalue weighted by Crippen LogP contribution is -1.92. The summed E-state index contributed by atoms with van der Waals surface area (Å²) in [7, 11) is 0. The van der Waals surface area contributed by atoms with E-state index in [1.807, 2.05) is 60.7 Å². The third-order valence-corrected chi connectivity index (χ3v) is 8.58. The lowest BCUT2D eigenvalue weighted by atomic mass is 9.83. The first-order valence-electron chi connectivity index (χ1n) is 21.4. The second kappa shape index (κ2) is 10.9. The monoisotopic (exact) mass is 595 g/mol. The van der Waals surface area contributed by atoms with Crippen LogP contribution in [0.25, 0.3) is 87.6 Å². The molecule has 0 heteroatoms. The number of hydrogen-bond acceptors (Lipinski definition) is 0. The second-order valence-electron chi connectivity index (χ2n) is 11.1. The molecule has 0 aliphatic heterocycles. The zero-order valence-electron chi connectivity index (χ0n) is 37.3. The molecule has 0 atom stereocenters. The van der Waals surface area contributed by atoms with Crippen molar-refractivity contribution in [1.29, 1.82) is 0 Å². The van der Waals surface area contributed by atoms with E-state index in [9.17, 15) is 5.48 Å². The van der Waals surface area contributed by atoms with Crippen LogP contribution in [0.1, 0.15) is 17.8 Å². The Balaban J connectivity index is 1.44. The number of hydrogen-bond donors (Lipinski definition) is 0. The topological polar surface area (TPSA) is 0 Å². The maximum Gasteiger partial charge on any atom is 0.0629 e. The van der Waals surface area contributed by atoms with Crippen molar-refractivity contribution < 1.29 is 17.8 Å². The number of fused-ring (bicyclic) bond motifs is 4. The minimum Gasteiger partial charge on any atom is -0.0622 e. The van der Waals surface area contributed by atoms with Gasteiger partial charge in [-0.05, 0) is 99.7 Å². The molecule has 0 bridgehead atoms. The van der Waals surface area contributed by atoms with Gasteiger partial charge in [0.1, 0.15) is 0 Å². The molecule has 46 heavy (non-hydrogen) atoms. The average Bonchev–Trinajstić information content (AvgIpc) is 3.26. The van der Waals surface area contributed by atoms with Crippen LogP contribution in [0.15, 0.2) is 182 Å². The number of rotatable bonds is 4. The molecule has 0 saturated heterocycles. The van der Waals surface area contributed by atoms with Gasteiger partial charge in [-0.15, -0.1) is 0 Å². The summed E-state index contributed by atoms with van der Waals surface area (Å²) in [4.78, 5) is 0. The van der Waals surface area contributed by atoms with E-state index in [1.54, 1.807) is 6.07 Å². The summed E-state index contributed by atoms with van der Waals surface area (Å²) in [5.74, 6) is 0. The Hall–Kier alpha value is -5.98. The Labute approximate surface area is 287 Å². The fourth-order valence-corrected chi connectivity index (χ4v) is 6.51. The Morgan fingerprint density at radius 1 is 0.304 bits per heavy atom. The molecule has 214 valence electrons. The van der Waals surface area contributed by atoms with Gasteiger partial charge in [0.25, 0.3) is 0 Å². The van der Waals surface area contributed by atoms with Crippen LogP contribution in [0.2, 0.25) is 0 Å². The van der Waals surface area contributed by atoms with E-state index in [0.29, 0.717) is 10.9 Å². The molecule has 9 aromatic carbocycles. The van der Waals surface area contributed by atoms with Crippen molar-refractivity contribution in [3.05, 3.63) is 182 Å². The largest absolute Gasteiger partial charge is 0.0629 e. The summed E-state index contributed by atoms with van der Waals surface area (Å²) in [6, 6.07) is 25.5. The first kappa shape index (κ1) is 16.4. The highest BCUT2D eigenvalue weighted by atomic mass is 14.2. The molecule has 0 aliphatic rings. The van der Waals surface area contributed by atoms with Crippen molar-refractivity contribution in [3.63, 3.8) is 0 Å². The minimum atomic E-state index is -0.709. The SMILES string of the molecule is [2H]c1c([2H])c([2H])c(-c2c3c([2H])c([2H])c([2H])c([2H])c3c(-c3ccc(-c4ccc5ccc(-c6ccccc6)cc5c4)c4ccccc34)c3c([2H])c([2H])c([2H])c([2H])c23)c([2H])c1[2H]. The second-order valence-corrected chi connectivity index (χ2v) is 11.1. The molecule has 0 amide bonds. The van der Waals surface area contributed by atoms with Gasteiger partial charge >= 0.3 is 0 Å². The van der Waals surface area contributed by atoms with Gasteiger partial charge < -0.3 is 0 Å². The fourth-order valence-electron chi connectivity index (χ4n) is 6.51. The van der Waals surface area contributed by atoms with Crippen LogP contribution in [0.3, 0.4) is 0 Å². The van der Waals surface area contributed by atoms with Crippen LogP contribution in [0.5, 0.6) is 0 Å². The molecular formula is C46H30. The van der Waals surface area contributed by atoms with Crippen LogP contribution in [0.4, 0.5) is 0 Å². The predicted octanol–water partition coefficient (Wildman–Crippen LogP) is 13.0. The van der Waals surface area contributed by atoms with E-state index in [1.165, 1.54) is 0 Å². The molecule has 0 spiro atoms. The molecule has 0 fully saturated rings. The van der Waals surface area contributed by atoms with E-state index in [-0.39, 0.29) is 32.7 Å². The molecule has 0 radical (unpaired) electrons. The van der Waals surface area contributed by atoms with Gasteiger partial charge in [0.2, 0.25) is 0 Å². The molecule has 0 nitrogen and oxygen atoms in total. The first-order chi connectivity index (χ1) is 28.2. The fraction of sp³-hybridized carbons (Fsp3) is 0. The molecule has 0 aliphatic carbocycles. The van der Waals surface area contributed by atoms with Crippen LogP contribution in [-0.2, 0) is 0 Å². The van der Waals surface area contributed by atoms with E-state index < -0.39 is 84.1 Å². The molecular weight excluding hydrogens is 553 g/mol. The zero-order chi connectivity index (χ0) is 41.8. The van der Waals surface area contributed by atoms with Crippen molar-refractivity contribution in [3.8, 4) is 44.5 Å². The highest BCUT2D eigenvalue weighted by molar-refractivity contribution is 6.24. The van der Waals surface area contributed by atoms with Crippen LogP contribution in [0, 0.1) is 0 Å². The van der Waals surface area contributed by atoms with E-state index in [4.69, 9.17) is 12.3 Å². The Morgan fingerprint density at radius 3 is 1.50 bits per heavy atom. The first-order valence-corrected chi connectivity index (χ1v) is 14.9. The molecule has 0 aromatic heterocycles. The van der Waals surface area contributed by atoms with Gasteiger partial charge in [-0.2, -0.15) is 0 Å². The van der Waals surface area contributed by atoms with Crippen LogP contribution >= 0.6 is 0 Å². The lowest BCUT2D eigenvalue weighted by molar-refractivity contribution is 1.63. The van der Waals surface area contributed by atoms with Gasteiger partial charge in [-0.1, -0.05) is 170 Å². The molecule has 9 aromatic rings. The van der Waals surface area contributed by atoms with E-state index in [2.05, 4.69) is 36.4 Å². The van der Waals surface area contributed by atoms with Crippen molar-refractivity contribution in [2.75, 3.05) is 0 Å². The normalized spacial score (nSPS) is 15.4. The summed E-state index contributed by atoms with van der Waals surface area (Å²) in [6.07, 6.45) is 0. The zero-order valence-corrected chi connectivity index (χ0v) is 24.3. The highest BCUT2D eigenvalue weighted by Crippen LogP contribution is 2.46. The highest BCUT2D eigenvalue weighted by Gasteiger charge is 2.18. The summed E-state index contributed by atoms with van der Waals surface area (Å²) >= 11 is 0. The summed E-state index contributed by atoms with van der Waals surface area (Å²) in [6.45, 7) is 0. The Morgan fingerprint density at radius 2 is 0.826 bits per heavy atom. The Bertz CT molecular complexity index is 3190. The predicted molar refractivity (Wildman–Crippen MR) is 198 cm³/mol. The lowest BCUT2D eigenvalue weighted by Gasteiger charge is -2.19. The third kappa shape index (κ3) is 4.30. The maximum atomic E-state index is 9.36. The van der Waals surface area contributed by atoms with Crippen LogP contribution < -0.4 is 0 Å². The van der Waals surface area contributed by atoms with Crippen LogP contribution in [-0.4, -0.2) is 0 Å². The average molecular weight is 596 g/mol. The summed E-state index contributed by atoms with van der Waals surface area (Å²) in [5.41, 5.74) is 3.66. The molecule has 0 heterocycles. The van der Waals surface area contributed by atoms with Crippen molar-refractivity contribution >= 4 is 43.1 Å². The van der Waals surface area contributed by atoms with Gasteiger partial charge in [0, 0.05) is 0 Å². The van der Waals surface area contributed by atoms with Gasteiger partial charge in [0.05, 0.1) is 17.8 Å². The third-order valence-electron chi connectivity index (χ3n) is 8.58. The summed E-state index contributed by atoms with van der Waals surface area (Å²) in [5, 5.41) is 2.75. The van der Waals surface area contributed by atoms with Gasteiger partial charge in [-0.25, -0.2) is 0 Å². The van der Waals surface area contributed by atoms with Gasteiger partial charge in [-0.3, -0.25) is 0 Å². The van der Waals surface area contributed by atoms with Crippen molar-refractivity contribution in [2.24, 2.45) is 0 Å². The quantitative estimate of drug-likeness (QED) is 0.178. The molecule has 9 rings (SSSR count). The molecule has 0 saturated carbocycles. The van der Waals surface area contributed by atoms with Crippen molar-refractivity contribution in [2.45, 2.75) is 0 Å². The molecule has 0 N–H and O–H groups in total. The van der Waals surface area contributed by atoms with Crippen molar-refractivity contribution in [1.82, 2.24) is 0 Å².